The van der Waals surface area contributed by atoms with Gasteiger partial charge in [0.05, 0.1) is 5.69 Å². The molecule has 0 bridgehead atoms. The molecule has 2 aromatic rings. The van der Waals surface area contributed by atoms with Gasteiger partial charge in [0.2, 0.25) is 0 Å². The van der Waals surface area contributed by atoms with Crippen LogP contribution >= 0.6 is 0 Å². The van der Waals surface area contributed by atoms with E-state index in [0.29, 0.717) is 6.04 Å². The lowest BCUT2D eigenvalue weighted by atomic mass is 9.93. The predicted octanol–water partition coefficient (Wildman–Crippen LogP) is 2.80. The number of carbonyl (C=O) groups excluding carboxylic acids is 1. The molecule has 3 nitrogen and oxygen atoms in total. The topological polar surface area (TPSA) is 36.1 Å². The van der Waals surface area contributed by atoms with E-state index in [1.807, 2.05) is 0 Å². The average Bonchev–Trinajstić information content (AvgIpc) is 2.68. The molecule has 1 aliphatic rings. The Hall–Kier alpha value is -1.61. The summed E-state index contributed by atoms with van der Waals surface area (Å²) in [7, 11) is 2.10. The number of aldehydes is 1. The molecule has 0 saturated heterocycles. The number of hydrogen-bond donors (Lipinski definition) is 1. The van der Waals surface area contributed by atoms with E-state index in [2.05, 4.69) is 42.9 Å². The van der Waals surface area contributed by atoms with E-state index in [1.54, 1.807) is 0 Å². The summed E-state index contributed by atoms with van der Waals surface area (Å²) in [5.41, 5.74) is 5.52. The number of aromatic amines is 1. The molecule has 1 aromatic carbocycles. The van der Waals surface area contributed by atoms with Crippen LogP contribution in [0.5, 0.6) is 0 Å². The standard InChI is InChI=1S/C14H16N2O/c1-8-4-5-10-9(2)16(3)6-11-12(7-17)15-14(8)13(10)11/h4-5,7,9,15H,6H2,1-3H3. The van der Waals surface area contributed by atoms with E-state index >= 15 is 0 Å². The fraction of sp³-hybridized carbons (Fsp3) is 0.357. The first-order chi connectivity index (χ1) is 8.13. The summed E-state index contributed by atoms with van der Waals surface area (Å²) in [6.07, 6.45) is 0.933. The van der Waals surface area contributed by atoms with E-state index in [1.165, 1.54) is 16.5 Å². The minimum atomic E-state index is 0.404. The van der Waals surface area contributed by atoms with Crippen LogP contribution in [0, 0.1) is 6.92 Å². The van der Waals surface area contributed by atoms with Crippen molar-refractivity contribution in [3.8, 4) is 0 Å². The van der Waals surface area contributed by atoms with Gasteiger partial charge >= 0.3 is 0 Å². The molecular weight excluding hydrogens is 212 g/mol. The Morgan fingerprint density at radius 2 is 2.24 bits per heavy atom. The molecule has 1 atom stereocenters. The van der Waals surface area contributed by atoms with Gasteiger partial charge in [-0.15, -0.1) is 0 Å². The van der Waals surface area contributed by atoms with Crippen molar-refractivity contribution in [1.82, 2.24) is 9.88 Å². The van der Waals surface area contributed by atoms with Crippen molar-refractivity contribution in [1.29, 1.82) is 0 Å². The number of rotatable bonds is 1. The van der Waals surface area contributed by atoms with E-state index in [0.717, 1.165) is 29.6 Å². The van der Waals surface area contributed by atoms with Crippen LogP contribution < -0.4 is 0 Å². The summed E-state index contributed by atoms with van der Waals surface area (Å²) >= 11 is 0. The maximum atomic E-state index is 11.1. The van der Waals surface area contributed by atoms with Crippen molar-refractivity contribution in [2.45, 2.75) is 26.4 Å². The first kappa shape index (κ1) is 10.5. The molecule has 88 valence electrons. The Kier molecular flexibility index (Phi) is 2.13. The quantitative estimate of drug-likeness (QED) is 0.762. The number of aromatic nitrogens is 1. The van der Waals surface area contributed by atoms with Gasteiger partial charge in [-0.05, 0) is 32.0 Å². The van der Waals surface area contributed by atoms with Crippen LogP contribution in [-0.2, 0) is 6.54 Å². The number of nitrogens with one attached hydrogen (secondary N) is 1. The van der Waals surface area contributed by atoms with Gasteiger partial charge in [-0.3, -0.25) is 9.69 Å². The SMILES string of the molecule is Cc1ccc2c3c(c(C=O)[nH]c13)CN(C)C2C. The lowest BCUT2D eigenvalue weighted by Crippen LogP contribution is -2.26. The third kappa shape index (κ3) is 1.29. The van der Waals surface area contributed by atoms with Crippen LogP contribution in [0.15, 0.2) is 12.1 Å². The Balaban J connectivity index is 2.44. The maximum absolute atomic E-state index is 11.1. The summed E-state index contributed by atoms with van der Waals surface area (Å²) in [4.78, 5) is 16.7. The number of benzene rings is 1. The largest absolute Gasteiger partial charge is 0.352 e. The molecule has 0 spiro atoms. The fourth-order valence-electron chi connectivity index (χ4n) is 2.79. The zero-order valence-corrected chi connectivity index (χ0v) is 10.4. The molecule has 1 N–H and O–H groups in total. The van der Waals surface area contributed by atoms with Crippen molar-refractivity contribution in [2.24, 2.45) is 0 Å². The van der Waals surface area contributed by atoms with Crippen molar-refractivity contribution in [2.75, 3.05) is 7.05 Å². The Morgan fingerprint density at radius 3 is 2.94 bits per heavy atom. The van der Waals surface area contributed by atoms with Crippen LogP contribution in [0.1, 0.15) is 40.1 Å². The second-order valence-corrected chi connectivity index (χ2v) is 4.95. The van der Waals surface area contributed by atoms with Gasteiger partial charge in [-0.1, -0.05) is 12.1 Å². The molecule has 2 heterocycles. The van der Waals surface area contributed by atoms with E-state index in [9.17, 15) is 4.79 Å². The summed E-state index contributed by atoms with van der Waals surface area (Å²) in [5.74, 6) is 0. The van der Waals surface area contributed by atoms with Gasteiger partial charge in [0.25, 0.3) is 0 Å². The Morgan fingerprint density at radius 1 is 1.47 bits per heavy atom. The number of carbonyl (C=O) groups is 1. The normalized spacial score (nSPS) is 19.8. The third-order valence-corrected chi connectivity index (χ3v) is 3.97. The minimum Gasteiger partial charge on any atom is -0.352 e. The van der Waals surface area contributed by atoms with Gasteiger partial charge in [0.1, 0.15) is 0 Å². The van der Waals surface area contributed by atoms with Crippen molar-refractivity contribution >= 4 is 17.2 Å². The van der Waals surface area contributed by atoms with Crippen LogP contribution in [-0.4, -0.2) is 23.2 Å². The fourth-order valence-corrected chi connectivity index (χ4v) is 2.79. The van der Waals surface area contributed by atoms with Gasteiger partial charge in [-0.2, -0.15) is 0 Å². The summed E-state index contributed by atoms with van der Waals surface area (Å²) in [5, 5.41) is 1.26. The van der Waals surface area contributed by atoms with Crippen LogP contribution in [0.4, 0.5) is 0 Å². The Bertz CT molecular complexity index is 612. The minimum absolute atomic E-state index is 0.404. The predicted molar refractivity (Wildman–Crippen MR) is 68.3 cm³/mol. The lowest BCUT2D eigenvalue weighted by Gasteiger charge is -2.30. The molecule has 0 amide bonds. The molecule has 17 heavy (non-hydrogen) atoms. The van der Waals surface area contributed by atoms with E-state index < -0.39 is 0 Å². The molecule has 1 unspecified atom stereocenters. The Labute approximate surface area is 100 Å². The molecular formula is C14H16N2O. The number of hydrogen-bond acceptors (Lipinski definition) is 2. The smallest absolute Gasteiger partial charge is 0.166 e. The highest BCUT2D eigenvalue weighted by molar-refractivity contribution is 5.96. The second-order valence-electron chi connectivity index (χ2n) is 4.95. The lowest BCUT2D eigenvalue weighted by molar-refractivity contribution is 0.111. The molecule has 0 radical (unpaired) electrons. The van der Waals surface area contributed by atoms with Gasteiger partial charge in [0, 0.05) is 29.1 Å². The molecule has 3 rings (SSSR count). The summed E-state index contributed by atoms with van der Waals surface area (Å²) < 4.78 is 0. The monoisotopic (exact) mass is 228 g/mol. The maximum Gasteiger partial charge on any atom is 0.166 e. The van der Waals surface area contributed by atoms with Gasteiger partial charge in [-0.25, -0.2) is 0 Å². The molecule has 3 heteroatoms. The number of aryl methyl sites for hydroxylation is 1. The zero-order valence-electron chi connectivity index (χ0n) is 10.4. The molecule has 1 aliphatic heterocycles. The molecule has 0 saturated carbocycles. The van der Waals surface area contributed by atoms with E-state index in [-0.39, 0.29) is 0 Å². The number of nitrogens with zero attached hydrogens (tertiary/aromatic N) is 1. The highest BCUT2D eigenvalue weighted by Gasteiger charge is 2.26. The first-order valence-electron chi connectivity index (χ1n) is 5.93. The van der Waals surface area contributed by atoms with Gasteiger partial charge < -0.3 is 4.98 Å². The summed E-state index contributed by atoms with van der Waals surface area (Å²) in [6.45, 7) is 5.13. The van der Waals surface area contributed by atoms with Crippen molar-refractivity contribution in [3.63, 3.8) is 0 Å². The summed E-state index contributed by atoms with van der Waals surface area (Å²) in [6, 6.07) is 4.72. The highest BCUT2D eigenvalue weighted by Crippen LogP contribution is 2.38. The first-order valence-corrected chi connectivity index (χ1v) is 5.93. The average molecular weight is 228 g/mol. The highest BCUT2D eigenvalue weighted by atomic mass is 16.1. The van der Waals surface area contributed by atoms with Crippen LogP contribution in [0.25, 0.3) is 10.9 Å². The molecule has 1 aromatic heterocycles. The zero-order chi connectivity index (χ0) is 12.2. The second kappa shape index (κ2) is 3.44. The third-order valence-electron chi connectivity index (χ3n) is 3.97. The van der Waals surface area contributed by atoms with Crippen LogP contribution in [0.3, 0.4) is 0 Å². The molecule has 0 aliphatic carbocycles. The van der Waals surface area contributed by atoms with E-state index in [4.69, 9.17) is 0 Å². The van der Waals surface area contributed by atoms with Crippen molar-refractivity contribution < 1.29 is 4.79 Å². The van der Waals surface area contributed by atoms with Crippen LogP contribution in [0.2, 0.25) is 0 Å². The molecule has 0 fully saturated rings. The van der Waals surface area contributed by atoms with Crippen molar-refractivity contribution in [3.05, 3.63) is 34.5 Å². The van der Waals surface area contributed by atoms with Gasteiger partial charge in [0.15, 0.2) is 6.29 Å². The number of H-pyrrole nitrogens is 1.